The molecular formula is C58H34N2. The van der Waals surface area contributed by atoms with Crippen molar-refractivity contribution in [3.63, 3.8) is 0 Å². The average Bonchev–Trinajstić information content (AvgIpc) is 3.32. The lowest BCUT2D eigenvalue weighted by Gasteiger charge is -2.21. The molecule has 0 saturated carbocycles. The van der Waals surface area contributed by atoms with Crippen molar-refractivity contribution in [2.75, 3.05) is 0 Å². The van der Waals surface area contributed by atoms with E-state index in [1.807, 2.05) is 12.3 Å². The number of benzene rings is 10. The van der Waals surface area contributed by atoms with Gasteiger partial charge in [-0.1, -0.05) is 182 Å². The molecule has 13 rings (SSSR count). The molecule has 2 heterocycles. The second kappa shape index (κ2) is 12.8. The van der Waals surface area contributed by atoms with Gasteiger partial charge in [-0.25, -0.2) is 4.98 Å². The summed E-state index contributed by atoms with van der Waals surface area (Å²) in [6, 6.07) is 73.6. The number of nitrogens with zero attached hydrogens (tertiary/aromatic N) is 2. The van der Waals surface area contributed by atoms with E-state index in [9.17, 15) is 0 Å². The Labute approximate surface area is 345 Å². The van der Waals surface area contributed by atoms with Gasteiger partial charge < -0.3 is 0 Å². The number of pyridine rings is 2. The fourth-order valence-corrected chi connectivity index (χ4v) is 10.2. The van der Waals surface area contributed by atoms with Crippen molar-refractivity contribution in [3.05, 3.63) is 206 Å². The number of rotatable bonds is 3. The SMILES string of the molecule is c1cnc2c(c1)ccc1ccc(-c3ccc(-c4c5ccccc5c(-c5cc6cccc7c8ccccc8c8ccccc8c8cccc5c8c67)c5ccccc45)cc3)nc12. The zero-order chi connectivity index (χ0) is 39.3. The highest BCUT2D eigenvalue weighted by molar-refractivity contribution is 6.36. The molecule has 0 radical (unpaired) electrons. The van der Waals surface area contributed by atoms with E-state index in [2.05, 4.69) is 199 Å². The van der Waals surface area contributed by atoms with E-state index in [0.29, 0.717) is 0 Å². The largest absolute Gasteiger partial charge is 0.254 e. The Bertz CT molecular complexity index is 3880. The van der Waals surface area contributed by atoms with Crippen molar-refractivity contribution in [1.29, 1.82) is 0 Å². The first-order valence-electron chi connectivity index (χ1n) is 20.7. The van der Waals surface area contributed by atoms with Crippen LogP contribution in [0.25, 0.3) is 131 Å². The molecule has 0 saturated heterocycles. The van der Waals surface area contributed by atoms with Crippen molar-refractivity contribution in [2.24, 2.45) is 0 Å². The van der Waals surface area contributed by atoms with E-state index < -0.39 is 0 Å². The summed E-state index contributed by atoms with van der Waals surface area (Å²) in [6.07, 6.45) is 1.85. The molecule has 0 aliphatic carbocycles. The maximum absolute atomic E-state index is 5.16. The van der Waals surface area contributed by atoms with Crippen LogP contribution in [0.4, 0.5) is 0 Å². The monoisotopic (exact) mass is 758 g/mol. The van der Waals surface area contributed by atoms with Gasteiger partial charge in [-0.15, -0.1) is 0 Å². The van der Waals surface area contributed by atoms with Crippen LogP contribution in [0.3, 0.4) is 0 Å². The average molecular weight is 759 g/mol. The summed E-state index contributed by atoms with van der Waals surface area (Å²) in [5.41, 5.74) is 8.82. The third-order valence-corrected chi connectivity index (χ3v) is 12.8. The van der Waals surface area contributed by atoms with Gasteiger partial charge in [0.05, 0.1) is 16.7 Å². The summed E-state index contributed by atoms with van der Waals surface area (Å²) in [5, 5.41) is 19.9. The van der Waals surface area contributed by atoms with Crippen molar-refractivity contribution >= 4 is 97.2 Å². The number of aromatic nitrogens is 2. The summed E-state index contributed by atoms with van der Waals surface area (Å²) in [6.45, 7) is 0. The zero-order valence-corrected chi connectivity index (χ0v) is 32.5. The van der Waals surface area contributed by atoms with Crippen LogP contribution in [0, 0.1) is 0 Å². The third kappa shape index (κ3) is 4.76. The first kappa shape index (κ1) is 33.1. The van der Waals surface area contributed by atoms with Crippen molar-refractivity contribution < 1.29 is 0 Å². The van der Waals surface area contributed by atoms with Gasteiger partial charge in [0, 0.05) is 22.5 Å². The van der Waals surface area contributed by atoms with Gasteiger partial charge in [0.2, 0.25) is 0 Å². The van der Waals surface area contributed by atoms with Crippen molar-refractivity contribution in [2.45, 2.75) is 0 Å². The molecule has 11 aromatic carbocycles. The molecule has 276 valence electrons. The number of hydrogen-bond donors (Lipinski definition) is 0. The Hall–Kier alpha value is -7.94. The predicted molar refractivity (Wildman–Crippen MR) is 256 cm³/mol. The smallest absolute Gasteiger partial charge is 0.0972 e. The highest BCUT2D eigenvalue weighted by Crippen LogP contribution is 2.49. The lowest BCUT2D eigenvalue weighted by Crippen LogP contribution is -1.93. The minimum atomic E-state index is 0.929. The Morgan fingerprint density at radius 2 is 0.750 bits per heavy atom. The topological polar surface area (TPSA) is 25.8 Å². The molecule has 0 aliphatic heterocycles. The molecule has 2 aromatic heterocycles. The molecule has 13 aromatic rings. The van der Waals surface area contributed by atoms with E-state index in [1.165, 1.54) is 97.7 Å². The lowest BCUT2D eigenvalue weighted by atomic mass is 9.82. The summed E-state index contributed by atoms with van der Waals surface area (Å²) >= 11 is 0. The molecule has 0 amide bonds. The summed E-state index contributed by atoms with van der Waals surface area (Å²) in [4.78, 5) is 9.85. The lowest BCUT2D eigenvalue weighted by molar-refractivity contribution is 1.37. The third-order valence-electron chi connectivity index (χ3n) is 12.8. The van der Waals surface area contributed by atoms with Crippen LogP contribution in [-0.4, -0.2) is 9.97 Å². The van der Waals surface area contributed by atoms with Crippen LogP contribution in [0.5, 0.6) is 0 Å². The molecular weight excluding hydrogens is 725 g/mol. The Morgan fingerprint density at radius 3 is 1.40 bits per heavy atom. The number of hydrogen-bond acceptors (Lipinski definition) is 2. The van der Waals surface area contributed by atoms with E-state index in [1.54, 1.807) is 0 Å². The van der Waals surface area contributed by atoms with Gasteiger partial charge in [-0.3, -0.25) is 4.98 Å². The molecule has 0 spiro atoms. The fraction of sp³-hybridized carbons (Fsp3) is 0. The van der Waals surface area contributed by atoms with Crippen LogP contribution >= 0.6 is 0 Å². The van der Waals surface area contributed by atoms with E-state index in [4.69, 9.17) is 4.98 Å². The predicted octanol–water partition coefficient (Wildman–Crippen LogP) is 15.9. The van der Waals surface area contributed by atoms with Gasteiger partial charge in [0.25, 0.3) is 0 Å². The van der Waals surface area contributed by atoms with Gasteiger partial charge in [-0.2, -0.15) is 0 Å². The van der Waals surface area contributed by atoms with E-state index >= 15 is 0 Å². The quantitative estimate of drug-likeness (QED) is 0.132. The minimum absolute atomic E-state index is 0.929. The Balaban J connectivity index is 1.08. The van der Waals surface area contributed by atoms with Crippen LogP contribution in [0.2, 0.25) is 0 Å². The van der Waals surface area contributed by atoms with Gasteiger partial charge in [-0.05, 0) is 116 Å². The van der Waals surface area contributed by atoms with Gasteiger partial charge in [0.15, 0.2) is 0 Å². The minimum Gasteiger partial charge on any atom is -0.254 e. The van der Waals surface area contributed by atoms with E-state index in [-0.39, 0.29) is 0 Å². The molecule has 0 aliphatic rings. The van der Waals surface area contributed by atoms with Crippen LogP contribution in [0.1, 0.15) is 0 Å². The molecule has 0 unspecified atom stereocenters. The molecule has 0 N–H and O–H groups in total. The van der Waals surface area contributed by atoms with Gasteiger partial charge >= 0.3 is 0 Å². The van der Waals surface area contributed by atoms with Crippen LogP contribution < -0.4 is 0 Å². The molecule has 2 nitrogen and oxygen atoms in total. The molecule has 0 fully saturated rings. The van der Waals surface area contributed by atoms with Gasteiger partial charge in [0.1, 0.15) is 0 Å². The summed E-state index contributed by atoms with van der Waals surface area (Å²) in [5.74, 6) is 0. The maximum Gasteiger partial charge on any atom is 0.0972 e. The molecule has 60 heavy (non-hydrogen) atoms. The second-order valence-corrected chi connectivity index (χ2v) is 16.0. The normalized spacial score (nSPS) is 12.0. The highest BCUT2D eigenvalue weighted by atomic mass is 14.7. The molecule has 2 heteroatoms. The molecule has 0 atom stereocenters. The number of fused-ring (bicyclic) bond motifs is 10. The highest BCUT2D eigenvalue weighted by Gasteiger charge is 2.21. The Kier molecular flexibility index (Phi) is 7.05. The Morgan fingerprint density at radius 1 is 0.283 bits per heavy atom. The first-order chi connectivity index (χ1) is 29.8. The standard InChI is InChI=1S/C58H34N2/c1-3-16-42-40(14-1)41-15-2-4-17-43(41)45-23-10-24-50-51(34-39-12-9-22-44(42)54(39)56(45)50)55-48-20-7-5-18-46(48)53(47-19-6-8-21-49(47)55)36-27-25-35(26-28-36)52-32-31-38-30-29-37-13-11-33-59-57(37)58(38)60-52/h1-34H. The second-order valence-electron chi connectivity index (χ2n) is 16.0. The zero-order valence-electron chi connectivity index (χ0n) is 32.5. The fourth-order valence-electron chi connectivity index (χ4n) is 10.2. The van der Waals surface area contributed by atoms with Crippen molar-refractivity contribution in [3.8, 4) is 33.5 Å². The summed E-state index contributed by atoms with van der Waals surface area (Å²) in [7, 11) is 0. The summed E-state index contributed by atoms with van der Waals surface area (Å²) < 4.78 is 0. The van der Waals surface area contributed by atoms with Crippen LogP contribution in [0.15, 0.2) is 206 Å². The maximum atomic E-state index is 5.16. The van der Waals surface area contributed by atoms with Crippen LogP contribution in [-0.2, 0) is 0 Å². The molecule has 0 bridgehead atoms. The van der Waals surface area contributed by atoms with Crippen molar-refractivity contribution in [1.82, 2.24) is 9.97 Å². The van der Waals surface area contributed by atoms with E-state index in [0.717, 1.165) is 33.1 Å². The first-order valence-corrected chi connectivity index (χ1v) is 20.7.